The maximum atomic E-state index is 13.9. The highest BCUT2D eigenvalue weighted by atomic mass is 16.6. The molecular weight excluding hydrogens is 478 g/mol. The molecule has 0 aliphatic heterocycles. The fraction of sp³-hybridized carbons (Fsp3) is 0.370. The van der Waals surface area contributed by atoms with Crippen molar-refractivity contribution in [1.29, 1.82) is 5.26 Å². The van der Waals surface area contributed by atoms with Crippen molar-refractivity contribution >= 4 is 35.4 Å². The molecule has 2 rings (SSSR count). The van der Waals surface area contributed by atoms with Gasteiger partial charge in [-0.1, -0.05) is 18.2 Å². The summed E-state index contributed by atoms with van der Waals surface area (Å²) >= 11 is 0. The van der Waals surface area contributed by atoms with Crippen LogP contribution in [0, 0.1) is 11.3 Å². The first kappa shape index (κ1) is 28.8. The Morgan fingerprint density at radius 1 is 0.865 bits per heavy atom. The number of hydrogen-bond donors (Lipinski definition) is 0. The standard InChI is InChI=1S/C27H31N3O7/c1-26(2,3)36-24(33)30(25(34)37-27(4,5)6)21-14-13-18(16-28)15-20(21)23(32)29(17-22(31)35-7)19-11-9-8-10-12-19/h8-15H,17H2,1-7H3. The van der Waals surface area contributed by atoms with Gasteiger partial charge in [-0.3, -0.25) is 14.5 Å². The highest BCUT2D eigenvalue weighted by molar-refractivity contribution is 6.18. The molecule has 3 amide bonds. The minimum absolute atomic E-state index is 0.0894. The molecule has 0 radical (unpaired) electrons. The van der Waals surface area contributed by atoms with E-state index in [1.807, 2.05) is 6.07 Å². The second kappa shape index (κ2) is 11.6. The molecule has 0 aliphatic rings. The van der Waals surface area contributed by atoms with E-state index in [9.17, 15) is 24.4 Å². The van der Waals surface area contributed by atoms with E-state index < -0.39 is 41.8 Å². The summed E-state index contributed by atoms with van der Waals surface area (Å²) in [6.45, 7) is 9.27. The Balaban J connectivity index is 2.74. The number of methoxy groups -OCH3 is 1. The monoisotopic (exact) mass is 509 g/mol. The van der Waals surface area contributed by atoms with Crippen molar-refractivity contribution in [1.82, 2.24) is 0 Å². The highest BCUT2D eigenvalue weighted by Crippen LogP contribution is 2.29. The van der Waals surface area contributed by atoms with Crippen LogP contribution in [-0.4, -0.2) is 48.9 Å². The predicted octanol–water partition coefficient (Wildman–Crippen LogP) is 5.05. The van der Waals surface area contributed by atoms with E-state index in [0.29, 0.717) is 10.6 Å². The zero-order chi connectivity index (χ0) is 28.0. The quantitative estimate of drug-likeness (QED) is 0.405. The van der Waals surface area contributed by atoms with Crippen LogP contribution in [-0.2, 0) is 19.0 Å². The van der Waals surface area contributed by atoms with E-state index in [1.54, 1.807) is 71.9 Å². The fourth-order valence-electron chi connectivity index (χ4n) is 3.09. The zero-order valence-electron chi connectivity index (χ0n) is 22.0. The normalized spacial score (nSPS) is 11.1. The van der Waals surface area contributed by atoms with Crippen molar-refractivity contribution in [2.75, 3.05) is 23.5 Å². The lowest BCUT2D eigenvalue weighted by Crippen LogP contribution is -2.45. The molecule has 0 saturated carbocycles. The topological polar surface area (TPSA) is 126 Å². The molecule has 2 aromatic rings. The SMILES string of the molecule is COC(=O)CN(C(=O)c1cc(C#N)ccc1N(C(=O)OC(C)(C)C)C(=O)OC(C)(C)C)c1ccccc1. The smallest absolute Gasteiger partial charge is 0.424 e. The zero-order valence-corrected chi connectivity index (χ0v) is 22.0. The Labute approximate surface area is 216 Å². The van der Waals surface area contributed by atoms with E-state index in [2.05, 4.69) is 0 Å². The largest absolute Gasteiger partial charge is 0.468 e. The van der Waals surface area contributed by atoms with Crippen molar-refractivity contribution in [3.05, 3.63) is 59.7 Å². The summed E-state index contributed by atoms with van der Waals surface area (Å²) in [5, 5.41) is 9.49. The summed E-state index contributed by atoms with van der Waals surface area (Å²) in [7, 11) is 1.18. The first-order valence-electron chi connectivity index (χ1n) is 11.4. The van der Waals surface area contributed by atoms with Crippen LogP contribution in [0.25, 0.3) is 0 Å². The van der Waals surface area contributed by atoms with Crippen molar-refractivity contribution in [2.45, 2.75) is 52.7 Å². The average molecular weight is 510 g/mol. The second-order valence-corrected chi connectivity index (χ2v) is 9.94. The molecule has 10 nitrogen and oxygen atoms in total. The number of anilines is 2. The van der Waals surface area contributed by atoms with Gasteiger partial charge in [0.25, 0.3) is 5.91 Å². The summed E-state index contributed by atoms with van der Waals surface area (Å²) in [4.78, 5) is 54.2. The minimum atomic E-state index is -1.08. The Hall–Kier alpha value is -4.39. The van der Waals surface area contributed by atoms with Crippen LogP contribution in [0.1, 0.15) is 57.5 Å². The Morgan fingerprint density at radius 3 is 1.86 bits per heavy atom. The maximum Gasteiger partial charge on any atom is 0.424 e. The van der Waals surface area contributed by atoms with Gasteiger partial charge in [0.05, 0.1) is 30.0 Å². The van der Waals surface area contributed by atoms with Crippen LogP contribution in [0.3, 0.4) is 0 Å². The molecule has 0 aliphatic carbocycles. The number of para-hydroxylation sites is 1. The average Bonchev–Trinajstić information content (AvgIpc) is 2.80. The van der Waals surface area contributed by atoms with Crippen LogP contribution < -0.4 is 9.80 Å². The number of ether oxygens (including phenoxy) is 3. The van der Waals surface area contributed by atoms with E-state index >= 15 is 0 Å². The van der Waals surface area contributed by atoms with Crippen LogP contribution in [0.5, 0.6) is 0 Å². The molecule has 0 bridgehead atoms. The number of benzene rings is 2. The molecule has 0 unspecified atom stereocenters. The van der Waals surface area contributed by atoms with Gasteiger partial charge in [0.15, 0.2) is 0 Å². The molecule has 2 aromatic carbocycles. The molecule has 0 heterocycles. The van der Waals surface area contributed by atoms with E-state index in [1.165, 1.54) is 25.3 Å². The Bertz CT molecular complexity index is 1180. The summed E-state index contributed by atoms with van der Waals surface area (Å²) in [5.74, 6) is -1.47. The molecule has 0 atom stereocenters. The van der Waals surface area contributed by atoms with Crippen molar-refractivity contribution in [3.8, 4) is 6.07 Å². The van der Waals surface area contributed by atoms with Gasteiger partial charge in [-0.25, -0.2) is 9.59 Å². The molecule has 37 heavy (non-hydrogen) atoms. The number of rotatable bonds is 5. The number of carbonyl (C=O) groups excluding carboxylic acids is 4. The molecule has 0 saturated heterocycles. The van der Waals surface area contributed by atoms with Gasteiger partial charge in [-0.15, -0.1) is 0 Å². The van der Waals surface area contributed by atoms with Gasteiger partial charge in [0.1, 0.15) is 17.7 Å². The van der Waals surface area contributed by atoms with Crippen molar-refractivity contribution in [3.63, 3.8) is 0 Å². The first-order chi connectivity index (χ1) is 17.2. The summed E-state index contributed by atoms with van der Waals surface area (Å²) in [5.41, 5.74) is -1.90. The molecule has 10 heteroatoms. The third-order valence-corrected chi connectivity index (χ3v) is 4.58. The van der Waals surface area contributed by atoms with Crippen molar-refractivity contribution < 1.29 is 33.4 Å². The third-order valence-electron chi connectivity index (χ3n) is 4.58. The van der Waals surface area contributed by atoms with E-state index in [4.69, 9.17) is 14.2 Å². The Morgan fingerprint density at radius 2 is 1.41 bits per heavy atom. The van der Waals surface area contributed by atoms with Gasteiger partial charge in [-0.05, 0) is 71.9 Å². The number of imide groups is 1. The minimum Gasteiger partial charge on any atom is -0.468 e. The van der Waals surface area contributed by atoms with Gasteiger partial charge in [0, 0.05) is 5.69 Å². The van der Waals surface area contributed by atoms with Gasteiger partial charge in [-0.2, -0.15) is 10.2 Å². The number of amides is 3. The van der Waals surface area contributed by atoms with Crippen LogP contribution in [0.4, 0.5) is 21.0 Å². The summed E-state index contributed by atoms with van der Waals surface area (Å²) < 4.78 is 15.6. The summed E-state index contributed by atoms with van der Waals surface area (Å²) in [6, 6.07) is 14.1. The summed E-state index contributed by atoms with van der Waals surface area (Å²) in [6.07, 6.45) is -2.17. The lowest BCUT2D eigenvalue weighted by molar-refractivity contribution is -0.138. The number of esters is 1. The second-order valence-electron chi connectivity index (χ2n) is 9.94. The number of hydrogen-bond acceptors (Lipinski definition) is 8. The number of nitrogens with zero attached hydrogens (tertiary/aromatic N) is 3. The van der Waals surface area contributed by atoms with Crippen LogP contribution in [0.2, 0.25) is 0 Å². The van der Waals surface area contributed by atoms with Crippen LogP contribution in [0.15, 0.2) is 48.5 Å². The van der Waals surface area contributed by atoms with Gasteiger partial charge >= 0.3 is 18.2 Å². The van der Waals surface area contributed by atoms with Crippen LogP contribution >= 0.6 is 0 Å². The molecular formula is C27H31N3O7. The molecule has 0 aromatic heterocycles. The Kier molecular flexibility index (Phi) is 9.01. The highest BCUT2D eigenvalue weighted by Gasteiger charge is 2.36. The van der Waals surface area contributed by atoms with Crippen molar-refractivity contribution in [2.24, 2.45) is 0 Å². The number of nitriles is 1. The van der Waals surface area contributed by atoms with Gasteiger partial charge in [0.2, 0.25) is 0 Å². The molecule has 196 valence electrons. The van der Waals surface area contributed by atoms with E-state index in [-0.39, 0.29) is 16.8 Å². The maximum absolute atomic E-state index is 13.9. The molecule has 0 spiro atoms. The molecule has 0 N–H and O–H groups in total. The molecule has 0 fully saturated rings. The predicted molar refractivity (Wildman–Crippen MR) is 136 cm³/mol. The lowest BCUT2D eigenvalue weighted by Gasteiger charge is -2.30. The third kappa shape index (κ3) is 8.07. The van der Waals surface area contributed by atoms with E-state index in [0.717, 1.165) is 4.90 Å². The lowest BCUT2D eigenvalue weighted by atomic mass is 10.1. The fourth-order valence-corrected chi connectivity index (χ4v) is 3.09. The first-order valence-corrected chi connectivity index (χ1v) is 11.4. The number of carbonyl (C=O) groups is 4. The van der Waals surface area contributed by atoms with Gasteiger partial charge < -0.3 is 14.2 Å².